The number of pyridine rings is 1. The van der Waals surface area contributed by atoms with Gasteiger partial charge in [0, 0.05) is 17.0 Å². The number of likely N-dealkylation sites (N-methyl/N-ethyl adjacent to an activating group) is 1. The van der Waals surface area contributed by atoms with Crippen molar-refractivity contribution in [3.05, 3.63) is 76.4 Å². The molecule has 5 heteroatoms. The van der Waals surface area contributed by atoms with Crippen molar-refractivity contribution in [2.45, 2.75) is 13.0 Å². The maximum Gasteiger partial charge on any atom is 0.253 e. The topological polar surface area (TPSA) is 45.2 Å². The van der Waals surface area contributed by atoms with Crippen LogP contribution in [-0.2, 0) is 0 Å². The van der Waals surface area contributed by atoms with Crippen LogP contribution in [0.25, 0.3) is 10.9 Å². The van der Waals surface area contributed by atoms with Crippen LogP contribution in [0.5, 0.6) is 0 Å². The lowest BCUT2D eigenvalue weighted by Crippen LogP contribution is -2.35. The third-order valence-corrected chi connectivity index (χ3v) is 4.50. The summed E-state index contributed by atoms with van der Waals surface area (Å²) in [6.07, 6.45) is 0. The second-order valence-corrected chi connectivity index (χ2v) is 7.09. The zero-order valence-electron chi connectivity index (χ0n) is 15.2. The van der Waals surface area contributed by atoms with Crippen LogP contribution in [-0.4, -0.2) is 36.4 Å². The summed E-state index contributed by atoms with van der Waals surface area (Å²) in [6, 6.07) is 17.2. The number of rotatable bonds is 5. The number of carbonyl (C=O) groups is 1. The lowest BCUT2D eigenvalue weighted by molar-refractivity contribution is 0.0929. The minimum atomic E-state index is -0.132. The SMILES string of the molecule is Cc1nc2ccc(Cl)cc2cc1C(=O)N[C@H](CN(C)C)c1ccccc1. The van der Waals surface area contributed by atoms with Crippen LogP contribution in [0.1, 0.15) is 27.7 Å². The zero-order valence-corrected chi connectivity index (χ0v) is 15.9. The number of aromatic nitrogens is 1. The molecule has 3 aromatic rings. The van der Waals surface area contributed by atoms with E-state index in [1.807, 2.05) is 69.6 Å². The third kappa shape index (κ3) is 4.21. The Labute approximate surface area is 158 Å². The van der Waals surface area contributed by atoms with Crippen molar-refractivity contribution < 1.29 is 4.79 Å². The molecule has 1 N–H and O–H groups in total. The highest BCUT2D eigenvalue weighted by Crippen LogP contribution is 2.22. The van der Waals surface area contributed by atoms with Gasteiger partial charge in [-0.25, -0.2) is 0 Å². The second-order valence-electron chi connectivity index (χ2n) is 6.66. The van der Waals surface area contributed by atoms with Gasteiger partial charge in [-0.15, -0.1) is 0 Å². The number of aryl methyl sites for hydroxylation is 1. The van der Waals surface area contributed by atoms with Gasteiger partial charge in [0.2, 0.25) is 0 Å². The van der Waals surface area contributed by atoms with Crippen molar-refractivity contribution in [3.8, 4) is 0 Å². The predicted octanol–water partition coefficient (Wildman–Crippen LogP) is 4.23. The van der Waals surface area contributed by atoms with Gasteiger partial charge in [0.25, 0.3) is 5.91 Å². The fourth-order valence-electron chi connectivity index (χ4n) is 2.99. The quantitative estimate of drug-likeness (QED) is 0.734. The molecule has 1 amide bonds. The van der Waals surface area contributed by atoms with Gasteiger partial charge in [0.15, 0.2) is 0 Å². The van der Waals surface area contributed by atoms with Gasteiger partial charge in [-0.2, -0.15) is 0 Å². The Balaban J connectivity index is 1.92. The molecule has 134 valence electrons. The third-order valence-electron chi connectivity index (χ3n) is 4.27. The van der Waals surface area contributed by atoms with Gasteiger partial charge in [-0.05, 0) is 50.8 Å². The first kappa shape index (κ1) is 18.4. The summed E-state index contributed by atoms with van der Waals surface area (Å²) >= 11 is 6.08. The van der Waals surface area contributed by atoms with E-state index in [-0.39, 0.29) is 11.9 Å². The standard InChI is InChI=1S/C21H22ClN3O/c1-14-18(12-16-11-17(22)9-10-19(16)23-14)21(26)24-20(13-25(2)3)15-7-5-4-6-8-15/h4-12,20H,13H2,1-3H3,(H,24,26)/t20-/m1/s1. The molecule has 0 radical (unpaired) electrons. The highest BCUT2D eigenvalue weighted by atomic mass is 35.5. The fourth-order valence-corrected chi connectivity index (χ4v) is 3.17. The highest BCUT2D eigenvalue weighted by molar-refractivity contribution is 6.31. The molecule has 4 nitrogen and oxygen atoms in total. The molecule has 0 aliphatic carbocycles. The number of nitrogens with zero attached hydrogens (tertiary/aromatic N) is 2. The molecule has 0 saturated heterocycles. The Morgan fingerprint density at radius 3 is 2.58 bits per heavy atom. The normalized spacial score (nSPS) is 12.3. The minimum absolute atomic E-state index is 0.104. The van der Waals surface area contributed by atoms with E-state index in [0.29, 0.717) is 22.8 Å². The van der Waals surface area contributed by atoms with Crippen LogP contribution in [0.2, 0.25) is 5.02 Å². The summed E-state index contributed by atoms with van der Waals surface area (Å²) in [5, 5.41) is 4.63. The van der Waals surface area contributed by atoms with Crippen LogP contribution in [0, 0.1) is 6.92 Å². The summed E-state index contributed by atoms with van der Waals surface area (Å²) in [5.74, 6) is -0.132. The minimum Gasteiger partial charge on any atom is -0.344 e. The van der Waals surface area contributed by atoms with Gasteiger partial charge >= 0.3 is 0 Å². The molecule has 0 aliphatic heterocycles. The smallest absolute Gasteiger partial charge is 0.253 e. The van der Waals surface area contributed by atoms with E-state index in [4.69, 9.17) is 11.6 Å². The monoisotopic (exact) mass is 367 g/mol. The Morgan fingerprint density at radius 1 is 1.15 bits per heavy atom. The van der Waals surface area contributed by atoms with Crippen LogP contribution in [0.15, 0.2) is 54.6 Å². The maximum atomic E-state index is 13.0. The van der Waals surface area contributed by atoms with Crippen molar-refractivity contribution in [2.24, 2.45) is 0 Å². The van der Waals surface area contributed by atoms with Gasteiger partial charge < -0.3 is 10.2 Å². The van der Waals surface area contributed by atoms with Gasteiger partial charge in [-0.1, -0.05) is 41.9 Å². The van der Waals surface area contributed by atoms with Crippen LogP contribution >= 0.6 is 11.6 Å². The molecule has 0 saturated carbocycles. The van der Waals surface area contributed by atoms with Crippen molar-refractivity contribution in [2.75, 3.05) is 20.6 Å². The molecule has 26 heavy (non-hydrogen) atoms. The average molecular weight is 368 g/mol. The number of amides is 1. The van der Waals surface area contributed by atoms with E-state index in [0.717, 1.165) is 16.5 Å². The van der Waals surface area contributed by atoms with E-state index < -0.39 is 0 Å². The number of nitrogens with one attached hydrogen (secondary N) is 1. The maximum absolute atomic E-state index is 13.0. The van der Waals surface area contributed by atoms with E-state index in [9.17, 15) is 4.79 Å². The first-order valence-corrected chi connectivity index (χ1v) is 8.89. The molecule has 2 aromatic carbocycles. The Morgan fingerprint density at radius 2 is 1.88 bits per heavy atom. The molecular weight excluding hydrogens is 346 g/mol. The number of halogens is 1. The first-order valence-electron chi connectivity index (χ1n) is 8.51. The van der Waals surface area contributed by atoms with Crippen molar-refractivity contribution >= 4 is 28.4 Å². The summed E-state index contributed by atoms with van der Waals surface area (Å²) in [7, 11) is 3.99. The molecule has 0 fully saturated rings. The van der Waals surface area contributed by atoms with Gasteiger partial charge in [0.05, 0.1) is 22.8 Å². The summed E-state index contributed by atoms with van der Waals surface area (Å²) in [6.45, 7) is 2.56. The van der Waals surface area contributed by atoms with Crippen LogP contribution in [0.4, 0.5) is 0 Å². The highest BCUT2D eigenvalue weighted by Gasteiger charge is 2.19. The predicted molar refractivity (Wildman–Crippen MR) is 107 cm³/mol. The van der Waals surface area contributed by atoms with Crippen LogP contribution in [0.3, 0.4) is 0 Å². The Bertz CT molecular complexity index is 925. The Hall–Kier alpha value is -2.43. The van der Waals surface area contributed by atoms with Gasteiger partial charge in [0.1, 0.15) is 0 Å². The molecule has 1 heterocycles. The van der Waals surface area contributed by atoms with E-state index in [1.54, 1.807) is 6.07 Å². The Kier molecular flexibility index (Phi) is 5.55. The second kappa shape index (κ2) is 7.85. The fraction of sp³-hybridized carbons (Fsp3) is 0.238. The van der Waals surface area contributed by atoms with Crippen LogP contribution < -0.4 is 5.32 Å². The van der Waals surface area contributed by atoms with E-state index >= 15 is 0 Å². The number of hydrogen-bond donors (Lipinski definition) is 1. The van der Waals surface area contributed by atoms with Crippen molar-refractivity contribution in [3.63, 3.8) is 0 Å². The first-order chi connectivity index (χ1) is 12.4. The van der Waals surface area contributed by atoms with E-state index in [2.05, 4.69) is 15.2 Å². The molecule has 0 unspecified atom stereocenters. The zero-order chi connectivity index (χ0) is 18.7. The number of hydrogen-bond acceptors (Lipinski definition) is 3. The largest absolute Gasteiger partial charge is 0.344 e. The molecule has 1 atom stereocenters. The molecule has 0 spiro atoms. The summed E-state index contributed by atoms with van der Waals surface area (Å²) in [5.41, 5.74) is 3.17. The van der Waals surface area contributed by atoms with E-state index in [1.165, 1.54) is 0 Å². The molecule has 0 aliphatic rings. The lowest BCUT2D eigenvalue weighted by Gasteiger charge is -2.23. The molecule has 1 aromatic heterocycles. The molecule has 0 bridgehead atoms. The lowest BCUT2D eigenvalue weighted by atomic mass is 10.0. The molecule has 3 rings (SSSR count). The summed E-state index contributed by atoms with van der Waals surface area (Å²) < 4.78 is 0. The van der Waals surface area contributed by atoms with Crippen molar-refractivity contribution in [1.29, 1.82) is 0 Å². The van der Waals surface area contributed by atoms with Crippen molar-refractivity contribution in [1.82, 2.24) is 15.2 Å². The summed E-state index contributed by atoms with van der Waals surface area (Å²) in [4.78, 5) is 19.6. The number of fused-ring (bicyclic) bond motifs is 1. The van der Waals surface area contributed by atoms with Gasteiger partial charge in [-0.3, -0.25) is 9.78 Å². The number of benzene rings is 2. The average Bonchev–Trinajstić information content (AvgIpc) is 2.61. The molecular formula is C21H22ClN3O. The number of carbonyl (C=O) groups excluding carboxylic acids is 1.